The van der Waals surface area contributed by atoms with Gasteiger partial charge in [-0.15, -0.1) is 5.92 Å². The number of aliphatic imine (C=N–C) groups is 1. The largest absolute Gasteiger partial charge is 0.276 e. The lowest BCUT2D eigenvalue weighted by atomic mass is 10.5. The average molecular weight is 154 g/mol. The fourth-order valence-corrected chi connectivity index (χ4v) is 0.814. The second-order valence-electron chi connectivity index (χ2n) is 1.56. The monoisotopic (exact) mass is 154 g/mol. The van der Waals surface area contributed by atoms with Crippen molar-refractivity contribution in [3.05, 3.63) is 0 Å². The van der Waals surface area contributed by atoms with Gasteiger partial charge in [-0.05, 0) is 6.92 Å². The lowest BCUT2D eigenvalue weighted by molar-refractivity contribution is 1.15. The quantitative estimate of drug-likeness (QED) is 0.262. The van der Waals surface area contributed by atoms with E-state index in [1.165, 1.54) is 11.8 Å². The zero-order valence-electron chi connectivity index (χ0n) is 6.48. The van der Waals surface area contributed by atoms with Gasteiger partial charge in [0.25, 0.3) is 0 Å². The van der Waals surface area contributed by atoms with Crippen molar-refractivity contribution in [2.24, 2.45) is 4.99 Å². The SMILES string of the molecule is CCC#CCS[C]=NCC. The van der Waals surface area contributed by atoms with Crippen molar-refractivity contribution in [1.82, 2.24) is 0 Å². The van der Waals surface area contributed by atoms with E-state index in [9.17, 15) is 0 Å². The highest BCUT2D eigenvalue weighted by Gasteiger charge is 1.75. The number of hydrogen-bond acceptors (Lipinski definition) is 2. The van der Waals surface area contributed by atoms with Crippen LogP contribution in [0, 0.1) is 11.8 Å². The molecule has 1 nitrogen and oxygen atoms in total. The Balaban J connectivity index is 3.12. The highest BCUT2D eigenvalue weighted by Crippen LogP contribution is 1.91. The Kier molecular flexibility index (Phi) is 8.22. The third kappa shape index (κ3) is 7.58. The molecule has 0 bridgehead atoms. The van der Waals surface area contributed by atoms with Crippen LogP contribution in [0.3, 0.4) is 0 Å². The van der Waals surface area contributed by atoms with Gasteiger partial charge in [-0.3, -0.25) is 4.99 Å². The molecule has 0 aliphatic carbocycles. The molecule has 0 saturated carbocycles. The van der Waals surface area contributed by atoms with Gasteiger partial charge in [-0.2, -0.15) is 0 Å². The van der Waals surface area contributed by atoms with Crippen LogP contribution in [0.4, 0.5) is 0 Å². The van der Waals surface area contributed by atoms with Crippen molar-refractivity contribution < 1.29 is 0 Å². The number of thioether (sulfide) groups is 1. The lowest BCUT2D eigenvalue weighted by Crippen LogP contribution is -1.72. The smallest absolute Gasteiger partial charge is 0.123 e. The van der Waals surface area contributed by atoms with Gasteiger partial charge in [0.05, 0.1) is 5.75 Å². The fraction of sp³-hybridized carbons (Fsp3) is 0.625. The Hall–Kier alpha value is -0.420. The second-order valence-corrected chi connectivity index (χ2v) is 2.32. The second kappa shape index (κ2) is 8.58. The predicted octanol–water partition coefficient (Wildman–Crippen LogP) is 2.06. The molecule has 0 unspecified atom stereocenters. The molecular formula is C8H12NS. The third-order valence-electron chi connectivity index (χ3n) is 0.733. The van der Waals surface area contributed by atoms with Crippen LogP contribution in [0.5, 0.6) is 0 Å². The van der Waals surface area contributed by atoms with Crippen LogP contribution in [0.25, 0.3) is 0 Å². The van der Waals surface area contributed by atoms with Crippen LogP contribution >= 0.6 is 11.8 Å². The van der Waals surface area contributed by atoms with E-state index in [0.717, 1.165) is 18.7 Å². The summed E-state index contributed by atoms with van der Waals surface area (Å²) in [5.41, 5.74) is 2.83. The van der Waals surface area contributed by atoms with E-state index in [0.29, 0.717) is 0 Å². The summed E-state index contributed by atoms with van der Waals surface area (Å²) in [6.07, 6.45) is 0.936. The van der Waals surface area contributed by atoms with Gasteiger partial charge >= 0.3 is 0 Å². The highest BCUT2D eigenvalue weighted by atomic mass is 32.2. The molecule has 0 amide bonds. The molecule has 2 heteroatoms. The fourth-order valence-electron chi connectivity index (χ4n) is 0.355. The maximum atomic E-state index is 3.91. The zero-order valence-corrected chi connectivity index (χ0v) is 7.29. The maximum Gasteiger partial charge on any atom is 0.123 e. The van der Waals surface area contributed by atoms with Crippen molar-refractivity contribution in [3.8, 4) is 11.8 Å². The van der Waals surface area contributed by atoms with Crippen molar-refractivity contribution >= 4 is 17.3 Å². The molecular weight excluding hydrogens is 142 g/mol. The van der Waals surface area contributed by atoms with Crippen molar-refractivity contribution in [2.75, 3.05) is 12.3 Å². The molecule has 0 saturated heterocycles. The summed E-state index contributed by atoms with van der Waals surface area (Å²) in [5.74, 6) is 6.77. The minimum Gasteiger partial charge on any atom is -0.276 e. The zero-order chi connectivity index (χ0) is 7.66. The van der Waals surface area contributed by atoms with E-state index in [1.807, 2.05) is 13.8 Å². The molecule has 0 aromatic rings. The van der Waals surface area contributed by atoms with Crippen LogP contribution < -0.4 is 0 Å². The van der Waals surface area contributed by atoms with Crippen molar-refractivity contribution in [3.63, 3.8) is 0 Å². The molecule has 0 heterocycles. The molecule has 55 valence electrons. The molecule has 0 N–H and O–H groups in total. The molecule has 0 atom stereocenters. The Morgan fingerprint density at radius 2 is 2.10 bits per heavy atom. The molecule has 0 aliphatic heterocycles. The van der Waals surface area contributed by atoms with Gasteiger partial charge in [0.1, 0.15) is 5.55 Å². The lowest BCUT2D eigenvalue weighted by Gasteiger charge is -1.80. The predicted molar refractivity (Wildman–Crippen MR) is 48.5 cm³/mol. The normalized spacial score (nSPS) is 9.40. The van der Waals surface area contributed by atoms with E-state index in [4.69, 9.17) is 0 Å². The molecule has 0 fully saturated rings. The van der Waals surface area contributed by atoms with Gasteiger partial charge in [0, 0.05) is 13.0 Å². The van der Waals surface area contributed by atoms with Gasteiger partial charge in [0.2, 0.25) is 0 Å². The summed E-state index contributed by atoms with van der Waals surface area (Å²) in [4.78, 5) is 3.91. The number of hydrogen-bond donors (Lipinski definition) is 0. The summed E-state index contributed by atoms with van der Waals surface area (Å²) in [6.45, 7) is 4.85. The average Bonchev–Trinajstić information content (AvgIpc) is 1.97. The minimum atomic E-state index is 0.814. The van der Waals surface area contributed by atoms with Crippen LogP contribution in [-0.4, -0.2) is 17.8 Å². The Labute approximate surface area is 67.3 Å². The maximum absolute atomic E-state index is 3.91. The first kappa shape index (κ1) is 9.58. The molecule has 0 spiro atoms. The van der Waals surface area contributed by atoms with E-state index in [1.54, 1.807) is 0 Å². The molecule has 0 aromatic heterocycles. The van der Waals surface area contributed by atoms with Crippen LogP contribution in [0.2, 0.25) is 0 Å². The van der Waals surface area contributed by atoms with Crippen molar-refractivity contribution in [1.29, 1.82) is 0 Å². The molecule has 0 rings (SSSR count). The van der Waals surface area contributed by atoms with E-state index in [-0.39, 0.29) is 0 Å². The summed E-state index contributed by atoms with van der Waals surface area (Å²) in [6, 6.07) is 0. The van der Waals surface area contributed by atoms with Gasteiger partial charge in [0.15, 0.2) is 0 Å². The van der Waals surface area contributed by atoms with Crippen LogP contribution in [-0.2, 0) is 0 Å². The minimum absolute atomic E-state index is 0.814. The topological polar surface area (TPSA) is 12.4 Å². The molecule has 10 heavy (non-hydrogen) atoms. The van der Waals surface area contributed by atoms with E-state index < -0.39 is 0 Å². The van der Waals surface area contributed by atoms with Crippen molar-refractivity contribution in [2.45, 2.75) is 20.3 Å². The Morgan fingerprint density at radius 3 is 2.70 bits per heavy atom. The molecule has 0 aliphatic rings. The first-order valence-electron chi connectivity index (χ1n) is 3.40. The highest BCUT2D eigenvalue weighted by molar-refractivity contribution is 8.12. The first-order chi connectivity index (χ1) is 4.91. The number of nitrogens with zero attached hydrogens (tertiary/aromatic N) is 1. The van der Waals surface area contributed by atoms with Gasteiger partial charge in [-0.25, -0.2) is 0 Å². The summed E-state index contributed by atoms with van der Waals surface area (Å²) < 4.78 is 0. The third-order valence-corrected chi connectivity index (χ3v) is 1.28. The van der Waals surface area contributed by atoms with Gasteiger partial charge < -0.3 is 0 Å². The summed E-state index contributed by atoms with van der Waals surface area (Å²) in [5, 5.41) is 0. The standard InChI is InChI=1S/C8H12NS/c1-3-5-6-7-10-8-9-4-2/h3-4,7H2,1-2H3. The van der Waals surface area contributed by atoms with E-state index >= 15 is 0 Å². The van der Waals surface area contributed by atoms with Crippen LogP contribution in [0.15, 0.2) is 4.99 Å². The Morgan fingerprint density at radius 1 is 1.30 bits per heavy atom. The molecule has 0 aromatic carbocycles. The number of rotatable bonds is 3. The summed E-state index contributed by atoms with van der Waals surface area (Å²) in [7, 11) is 0. The van der Waals surface area contributed by atoms with E-state index in [2.05, 4.69) is 22.4 Å². The Bertz CT molecular complexity index is 141. The molecule has 1 radical (unpaired) electrons. The van der Waals surface area contributed by atoms with Crippen LogP contribution in [0.1, 0.15) is 20.3 Å². The summed E-state index contributed by atoms with van der Waals surface area (Å²) >= 11 is 1.53. The first-order valence-corrected chi connectivity index (χ1v) is 4.39. The van der Waals surface area contributed by atoms with Gasteiger partial charge in [-0.1, -0.05) is 24.6 Å².